The minimum Gasteiger partial charge on any atom is -0.484 e. The Hall–Kier alpha value is -3.60. The molecular formula is C24H22N2O3. The molecule has 4 rings (SSSR count). The van der Waals surface area contributed by atoms with Crippen LogP contribution in [0.5, 0.6) is 5.75 Å². The van der Waals surface area contributed by atoms with Crippen molar-refractivity contribution in [3.63, 3.8) is 0 Å². The Morgan fingerprint density at radius 1 is 1.07 bits per heavy atom. The maximum atomic E-state index is 12.3. The molecule has 0 aliphatic heterocycles. The van der Waals surface area contributed by atoms with Gasteiger partial charge in [-0.15, -0.1) is 0 Å². The Balaban J connectivity index is 1.43. The smallest absolute Gasteiger partial charge is 0.262 e. The Morgan fingerprint density at radius 3 is 2.69 bits per heavy atom. The fourth-order valence-corrected chi connectivity index (χ4v) is 3.06. The van der Waals surface area contributed by atoms with Crippen LogP contribution in [0.4, 0.5) is 5.69 Å². The van der Waals surface area contributed by atoms with Gasteiger partial charge < -0.3 is 14.5 Å². The van der Waals surface area contributed by atoms with Crippen molar-refractivity contribution < 1.29 is 13.9 Å². The lowest BCUT2D eigenvalue weighted by atomic mass is 10.2. The monoisotopic (exact) mass is 386 g/mol. The van der Waals surface area contributed by atoms with Crippen LogP contribution in [0.25, 0.3) is 22.6 Å². The zero-order chi connectivity index (χ0) is 20.2. The number of oxazole rings is 1. The molecule has 0 unspecified atom stereocenters. The van der Waals surface area contributed by atoms with Crippen LogP contribution in [-0.4, -0.2) is 17.5 Å². The molecule has 1 heterocycles. The maximum Gasteiger partial charge on any atom is 0.262 e. The molecule has 0 bridgehead atoms. The van der Waals surface area contributed by atoms with Crippen LogP contribution < -0.4 is 10.1 Å². The van der Waals surface area contributed by atoms with Gasteiger partial charge in [-0.25, -0.2) is 4.98 Å². The standard InChI is InChI=1S/C24H22N2O3/c1-3-17-8-10-20(11-9-17)28-15-23(27)25-19-6-4-5-18(14-19)24-26-21-13-16(2)7-12-22(21)29-24/h4-14H,3,15H2,1-2H3,(H,25,27). The van der Waals surface area contributed by atoms with Crippen molar-refractivity contribution >= 4 is 22.7 Å². The van der Waals surface area contributed by atoms with Gasteiger partial charge in [-0.1, -0.05) is 31.2 Å². The molecule has 0 saturated carbocycles. The summed E-state index contributed by atoms with van der Waals surface area (Å²) in [6, 6.07) is 21.1. The van der Waals surface area contributed by atoms with Gasteiger partial charge >= 0.3 is 0 Å². The van der Waals surface area contributed by atoms with Gasteiger partial charge in [-0.05, 0) is 66.9 Å². The second-order valence-electron chi connectivity index (χ2n) is 6.91. The molecule has 0 spiro atoms. The van der Waals surface area contributed by atoms with Gasteiger partial charge in [0.05, 0.1) is 0 Å². The highest BCUT2D eigenvalue weighted by Crippen LogP contribution is 2.26. The summed E-state index contributed by atoms with van der Waals surface area (Å²) >= 11 is 0. The molecule has 0 radical (unpaired) electrons. The number of hydrogen-bond donors (Lipinski definition) is 1. The van der Waals surface area contributed by atoms with Crippen molar-refractivity contribution in [2.75, 3.05) is 11.9 Å². The van der Waals surface area contributed by atoms with Gasteiger partial charge in [0.25, 0.3) is 5.91 Å². The maximum absolute atomic E-state index is 12.3. The van der Waals surface area contributed by atoms with Crippen LogP contribution in [0.15, 0.2) is 71.1 Å². The summed E-state index contributed by atoms with van der Waals surface area (Å²) in [5, 5.41) is 2.85. The number of ether oxygens (including phenoxy) is 1. The number of carbonyl (C=O) groups excluding carboxylic acids is 1. The normalized spacial score (nSPS) is 10.8. The van der Waals surface area contributed by atoms with E-state index in [0.717, 1.165) is 28.6 Å². The van der Waals surface area contributed by atoms with E-state index in [-0.39, 0.29) is 12.5 Å². The van der Waals surface area contributed by atoms with E-state index >= 15 is 0 Å². The molecule has 0 aliphatic rings. The molecule has 0 fully saturated rings. The Bertz CT molecular complexity index is 1150. The van der Waals surface area contributed by atoms with Crippen molar-refractivity contribution in [3.05, 3.63) is 77.9 Å². The van der Waals surface area contributed by atoms with Crippen molar-refractivity contribution in [3.8, 4) is 17.2 Å². The van der Waals surface area contributed by atoms with E-state index in [1.807, 2.05) is 73.7 Å². The van der Waals surface area contributed by atoms with E-state index < -0.39 is 0 Å². The van der Waals surface area contributed by atoms with E-state index in [1.54, 1.807) is 0 Å². The minimum absolute atomic E-state index is 0.0577. The quantitative estimate of drug-likeness (QED) is 0.483. The third-order valence-electron chi connectivity index (χ3n) is 4.64. The molecule has 0 saturated heterocycles. The predicted octanol–water partition coefficient (Wildman–Crippen LogP) is 5.38. The lowest BCUT2D eigenvalue weighted by Gasteiger charge is -2.08. The molecule has 4 aromatic rings. The van der Waals surface area contributed by atoms with Crippen molar-refractivity contribution in [2.24, 2.45) is 0 Å². The Morgan fingerprint density at radius 2 is 1.90 bits per heavy atom. The molecule has 3 aromatic carbocycles. The second-order valence-corrected chi connectivity index (χ2v) is 6.91. The van der Waals surface area contributed by atoms with E-state index in [2.05, 4.69) is 17.2 Å². The highest BCUT2D eigenvalue weighted by Gasteiger charge is 2.10. The number of nitrogens with zero attached hydrogens (tertiary/aromatic N) is 1. The first kappa shape index (κ1) is 18.7. The molecule has 5 nitrogen and oxygen atoms in total. The van der Waals surface area contributed by atoms with Crippen LogP contribution in [-0.2, 0) is 11.2 Å². The fourth-order valence-electron chi connectivity index (χ4n) is 3.06. The molecule has 0 aliphatic carbocycles. The second kappa shape index (κ2) is 8.19. The first-order valence-electron chi connectivity index (χ1n) is 9.60. The molecule has 1 amide bonds. The van der Waals surface area contributed by atoms with E-state index in [0.29, 0.717) is 17.3 Å². The Kier molecular flexibility index (Phi) is 5.29. The van der Waals surface area contributed by atoms with Crippen LogP contribution in [0.2, 0.25) is 0 Å². The number of anilines is 1. The number of rotatable bonds is 6. The minimum atomic E-state index is -0.227. The number of amides is 1. The Labute approximate surface area is 169 Å². The third-order valence-corrected chi connectivity index (χ3v) is 4.64. The summed E-state index contributed by atoms with van der Waals surface area (Å²) in [6.07, 6.45) is 0.969. The SMILES string of the molecule is CCc1ccc(OCC(=O)Nc2cccc(-c3nc4cc(C)ccc4o3)c2)cc1. The number of benzene rings is 3. The van der Waals surface area contributed by atoms with Gasteiger partial charge in [0.1, 0.15) is 11.3 Å². The number of nitrogens with one attached hydrogen (secondary N) is 1. The average molecular weight is 386 g/mol. The lowest BCUT2D eigenvalue weighted by molar-refractivity contribution is -0.118. The zero-order valence-corrected chi connectivity index (χ0v) is 16.4. The van der Waals surface area contributed by atoms with Crippen LogP contribution in [0, 0.1) is 6.92 Å². The van der Waals surface area contributed by atoms with Gasteiger partial charge in [0, 0.05) is 11.3 Å². The zero-order valence-electron chi connectivity index (χ0n) is 16.4. The van der Waals surface area contributed by atoms with E-state index in [4.69, 9.17) is 9.15 Å². The van der Waals surface area contributed by atoms with Crippen LogP contribution in [0.3, 0.4) is 0 Å². The van der Waals surface area contributed by atoms with Gasteiger partial charge in [0.2, 0.25) is 5.89 Å². The molecule has 146 valence electrons. The average Bonchev–Trinajstić information content (AvgIpc) is 3.16. The summed E-state index contributed by atoms with van der Waals surface area (Å²) < 4.78 is 11.4. The largest absolute Gasteiger partial charge is 0.484 e. The molecule has 29 heavy (non-hydrogen) atoms. The molecule has 5 heteroatoms. The number of fused-ring (bicyclic) bond motifs is 1. The third kappa shape index (κ3) is 4.46. The summed E-state index contributed by atoms with van der Waals surface area (Å²) in [5.74, 6) is 0.969. The molecule has 1 N–H and O–H groups in total. The summed E-state index contributed by atoms with van der Waals surface area (Å²) in [7, 11) is 0. The number of aryl methyl sites for hydroxylation is 2. The predicted molar refractivity (Wildman–Crippen MR) is 114 cm³/mol. The molecular weight excluding hydrogens is 364 g/mol. The van der Waals surface area contributed by atoms with Crippen LogP contribution in [0.1, 0.15) is 18.1 Å². The number of carbonyl (C=O) groups is 1. The van der Waals surface area contributed by atoms with Crippen molar-refractivity contribution in [1.82, 2.24) is 4.98 Å². The first-order chi connectivity index (χ1) is 14.1. The first-order valence-corrected chi connectivity index (χ1v) is 9.60. The summed E-state index contributed by atoms with van der Waals surface area (Å²) in [5.41, 5.74) is 5.37. The number of aromatic nitrogens is 1. The molecule has 0 atom stereocenters. The molecule has 1 aromatic heterocycles. The van der Waals surface area contributed by atoms with Crippen LogP contribution >= 0.6 is 0 Å². The van der Waals surface area contributed by atoms with E-state index in [1.165, 1.54) is 5.56 Å². The van der Waals surface area contributed by atoms with Gasteiger partial charge in [-0.3, -0.25) is 4.79 Å². The lowest BCUT2D eigenvalue weighted by Crippen LogP contribution is -2.20. The summed E-state index contributed by atoms with van der Waals surface area (Å²) in [6.45, 7) is 4.06. The highest BCUT2D eigenvalue weighted by atomic mass is 16.5. The topological polar surface area (TPSA) is 64.4 Å². The van der Waals surface area contributed by atoms with Gasteiger partial charge in [-0.2, -0.15) is 0 Å². The van der Waals surface area contributed by atoms with Crippen molar-refractivity contribution in [2.45, 2.75) is 20.3 Å². The summed E-state index contributed by atoms with van der Waals surface area (Å²) in [4.78, 5) is 16.8. The highest BCUT2D eigenvalue weighted by molar-refractivity contribution is 5.92. The van der Waals surface area contributed by atoms with Gasteiger partial charge in [0.15, 0.2) is 12.2 Å². The number of hydrogen-bond acceptors (Lipinski definition) is 4. The van der Waals surface area contributed by atoms with Crippen molar-refractivity contribution in [1.29, 1.82) is 0 Å². The fraction of sp³-hybridized carbons (Fsp3) is 0.167. The van der Waals surface area contributed by atoms with E-state index in [9.17, 15) is 4.79 Å².